The number of fused-ring (bicyclic) bond motifs is 1. The number of amides is 1. The molecule has 1 aromatic heterocycles. The van der Waals surface area contributed by atoms with E-state index < -0.39 is 26.0 Å². The fourth-order valence-corrected chi connectivity index (χ4v) is 7.45. The number of hydrogen-bond acceptors (Lipinski definition) is 5. The lowest BCUT2D eigenvalue weighted by Crippen LogP contribution is -2.31. The van der Waals surface area contributed by atoms with Crippen molar-refractivity contribution in [1.29, 1.82) is 0 Å². The SMILES string of the molecule is Cc1cc(C)cc(S(=O)(=O)c2c(C(=O)NCCCCCN(c3ccc(Cl)cc3)S(=O)(=O)O)[nH]c3ccc(Cl)cc23)c1. The molecule has 41 heavy (non-hydrogen) atoms. The second kappa shape index (κ2) is 12.4. The summed E-state index contributed by atoms with van der Waals surface area (Å²) in [4.78, 5) is 16.1. The van der Waals surface area contributed by atoms with Gasteiger partial charge in [0.05, 0.1) is 10.6 Å². The van der Waals surface area contributed by atoms with Crippen LogP contribution in [0.15, 0.2) is 70.5 Å². The molecule has 1 amide bonds. The Morgan fingerprint density at radius 2 is 1.51 bits per heavy atom. The van der Waals surface area contributed by atoms with E-state index in [1.54, 1.807) is 38.1 Å². The summed E-state index contributed by atoms with van der Waals surface area (Å²) in [5.41, 5.74) is 2.19. The molecule has 0 aliphatic carbocycles. The number of nitrogens with one attached hydrogen (secondary N) is 2. The standard InChI is InChI=1S/C28H29Cl2N3O6S2/c1-18-14-19(2)16-23(15-18)40(35,36)27-24-17-21(30)8-11-25(24)32-26(27)28(34)31-12-4-3-5-13-33(41(37,38)39)22-9-6-20(29)7-10-22/h6-11,14-17,32H,3-5,12-13H2,1-2H3,(H,31,34)(H,37,38,39). The van der Waals surface area contributed by atoms with Gasteiger partial charge in [-0.2, -0.15) is 8.42 Å². The third-order valence-corrected chi connectivity index (χ3v) is 9.69. The number of aryl methyl sites for hydroxylation is 2. The number of carbonyl (C=O) groups excluding carboxylic acids is 1. The van der Waals surface area contributed by atoms with E-state index in [0.717, 1.165) is 15.4 Å². The summed E-state index contributed by atoms with van der Waals surface area (Å²) in [5.74, 6) is -0.596. The van der Waals surface area contributed by atoms with Crippen molar-refractivity contribution in [2.75, 3.05) is 17.4 Å². The maximum atomic E-state index is 13.8. The molecule has 218 valence electrons. The predicted octanol–water partition coefficient (Wildman–Crippen LogP) is 6.13. The van der Waals surface area contributed by atoms with E-state index in [1.165, 1.54) is 30.3 Å². The highest BCUT2D eigenvalue weighted by molar-refractivity contribution is 7.91. The molecule has 0 spiro atoms. The van der Waals surface area contributed by atoms with Gasteiger partial charge in [0.2, 0.25) is 9.84 Å². The van der Waals surface area contributed by atoms with E-state index in [9.17, 15) is 26.2 Å². The molecule has 0 fully saturated rings. The fraction of sp³-hybridized carbons (Fsp3) is 0.250. The quantitative estimate of drug-likeness (QED) is 0.134. The van der Waals surface area contributed by atoms with E-state index in [4.69, 9.17) is 23.2 Å². The molecule has 0 atom stereocenters. The lowest BCUT2D eigenvalue weighted by molar-refractivity contribution is 0.0945. The normalized spacial score (nSPS) is 12.0. The van der Waals surface area contributed by atoms with Crippen molar-refractivity contribution < 1.29 is 26.2 Å². The summed E-state index contributed by atoms with van der Waals surface area (Å²) < 4.78 is 61.9. The van der Waals surface area contributed by atoms with Gasteiger partial charge in [0, 0.05) is 34.0 Å². The highest BCUT2D eigenvalue weighted by Crippen LogP contribution is 2.34. The van der Waals surface area contributed by atoms with Gasteiger partial charge in [0.25, 0.3) is 5.91 Å². The molecule has 13 heteroatoms. The average molecular weight is 639 g/mol. The summed E-state index contributed by atoms with van der Waals surface area (Å²) in [7, 11) is -8.58. The van der Waals surface area contributed by atoms with E-state index >= 15 is 0 Å². The molecule has 0 saturated heterocycles. The molecule has 4 rings (SSSR count). The van der Waals surface area contributed by atoms with Gasteiger partial charge in [-0.25, -0.2) is 12.7 Å². The van der Waals surface area contributed by atoms with Crippen LogP contribution in [0.2, 0.25) is 10.0 Å². The number of aromatic nitrogens is 1. The van der Waals surface area contributed by atoms with Crippen LogP contribution >= 0.6 is 23.2 Å². The second-order valence-electron chi connectivity index (χ2n) is 9.69. The number of aromatic amines is 1. The number of benzene rings is 3. The Balaban J connectivity index is 1.47. The van der Waals surface area contributed by atoms with Crippen LogP contribution in [0.1, 0.15) is 40.9 Å². The van der Waals surface area contributed by atoms with E-state index in [2.05, 4.69) is 10.3 Å². The van der Waals surface area contributed by atoms with Gasteiger partial charge in [-0.15, -0.1) is 0 Å². The van der Waals surface area contributed by atoms with E-state index in [1.807, 2.05) is 6.07 Å². The summed E-state index contributed by atoms with van der Waals surface area (Å²) >= 11 is 12.0. The van der Waals surface area contributed by atoms with Gasteiger partial charge in [-0.05, 0) is 98.8 Å². The van der Waals surface area contributed by atoms with E-state index in [-0.39, 0.29) is 34.3 Å². The van der Waals surface area contributed by atoms with Crippen molar-refractivity contribution in [1.82, 2.24) is 10.3 Å². The predicted molar refractivity (Wildman–Crippen MR) is 161 cm³/mol. The Morgan fingerprint density at radius 1 is 0.878 bits per heavy atom. The molecule has 0 unspecified atom stereocenters. The van der Waals surface area contributed by atoms with Crippen molar-refractivity contribution in [3.05, 3.63) is 87.5 Å². The van der Waals surface area contributed by atoms with Gasteiger partial charge in [0.1, 0.15) is 10.6 Å². The smallest absolute Gasteiger partial charge is 0.351 e. The maximum absolute atomic E-state index is 13.8. The molecule has 9 nitrogen and oxygen atoms in total. The lowest BCUT2D eigenvalue weighted by Gasteiger charge is -2.20. The zero-order valence-corrected chi connectivity index (χ0v) is 25.5. The summed E-state index contributed by atoms with van der Waals surface area (Å²) in [6, 6.07) is 15.8. The first-order valence-corrected chi connectivity index (χ1v) is 16.3. The molecule has 0 saturated carbocycles. The van der Waals surface area contributed by atoms with Crippen molar-refractivity contribution in [2.45, 2.75) is 42.9 Å². The minimum atomic E-state index is -4.49. The largest absolute Gasteiger partial charge is 0.359 e. The number of hydrogen-bond donors (Lipinski definition) is 3. The molecule has 0 aliphatic rings. The van der Waals surface area contributed by atoms with Gasteiger partial charge in [-0.1, -0.05) is 29.3 Å². The van der Waals surface area contributed by atoms with Gasteiger partial charge < -0.3 is 10.3 Å². The number of nitrogens with zero attached hydrogens (tertiary/aromatic N) is 1. The number of halogens is 2. The first-order valence-electron chi connectivity index (χ1n) is 12.7. The van der Waals surface area contributed by atoms with Gasteiger partial charge in [0.15, 0.2) is 0 Å². The Bertz CT molecular complexity index is 1780. The van der Waals surface area contributed by atoms with Crippen LogP contribution in [0.4, 0.5) is 5.69 Å². The summed E-state index contributed by atoms with van der Waals surface area (Å²) in [6.07, 6.45) is 1.41. The molecule has 3 aromatic carbocycles. The minimum Gasteiger partial charge on any atom is -0.351 e. The van der Waals surface area contributed by atoms with Crippen molar-refractivity contribution in [2.24, 2.45) is 0 Å². The topological polar surface area (TPSA) is 137 Å². The number of anilines is 1. The van der Waals surface area contributed by atoms with Crippen molar-refractivity contribution >= 4 is 65.8 Å². The number of carbonyl (C=O) groups is 1. The number of rotatable bonds is 11. The Kier molecular flexibility index (Phi) is 9.35. The second-order valence-corrected chi connectivity index (χ2v) is 13.8. The van der Waals surface area contributed by atoms with Gasteiger partial charge >= 0.3 is 10.3 Å². The zero-order valence-electron chi connectivity index (χ0n) is 22.3. The number of unbranched alkanes of at least 4 members (excludes halogenated alkanes) is 2. The van der Waals surface area contributed by atoms with Crippen molar-refractivity contribution in [3.63, 3.8) is 0 Å². The highest BCUT2D eigenvalue weighted by Gasteiger charge is 2.30. The van der Waals surface area contributed by atoms with Crippen LogP contribution in [0, 0.1) is 13.8 Å². The molecular formula is C28H29Cl2N3O6S2. The molecule has 0 radical (unpaired) electrons. The third-order valence-electron chi connectivity index (χ3n) is 6.43. The average Bonchev–Trinajstić information content (AvgIpc) is 3.27. The van der Waals surface area contributed by atoms with Crippen LogP contribution < -0.4 is 9.62 Å². The zero-order chi connectivity index (χ0) is 29.9. The number of H-pyrrole nitrogens is 1. The van der Waals surface area contributed by atoms with Crippen LogP contribution in [0.5, 0.6) is 0 Å². The molecule has 3 N–H and O–H groups in total. The monoisotopic (exact) mass is 637 g/mol. The molecule has 0 bridgehead atoms. The first kappa shape index (κ1) is 30.9. The Hall–Kier alpha value is -3.09. The summed E-state index contributed by atoms with van der Waals surface area (Å²) in [5, 5.41) is 3.83. The molecule has 0 aliphatic heterocycles. The molecule has 4 aromatic rings. The van der Waals surface area contributed by atoms with Crippen molar-refractivity contribution in [3.8, 4) is 0 Å². The van der Waals surface area contributed by atoms with Gasteiger partial charge in [-0.3, -0.25) is 9.35 Å². The Labute approximate surface area is 249 Å². The lowest BCUT2D eigenvalue weighted by atomic mass is 10.2. The first-order chi connectivity index (χ1) is 19.3. The molecule has 1 heterocycles. The molecular weight excluding hydrogens is 609 g/mol. The van der Waals surface area contributed by atoms with Crippen LogP contribution in [0.3, 0.4) is 0 Å². The number of sulfone groups is 1. The third kappa shape index (κ3) is 7.22. The van der Waals surface area contributed by atoms with Crippen LogP contribution in [-0.4, -0.2) is 45.4 Å². The van der Waals surface area contributed by atoms with Crippen LogP contribution in [-0.2, 0) is 20.1 Å². The fourth-order valence-electron chi connectivity index (χ4n) is 4.62. The van der Waals surface area contributed by atoms with E-state index in [0.29, 0.717) is 40.2 Å². The summed E-state index contributed by atoms with van der Waals surface area (Å²) in [6.45, 7) is 3.84. The highest BCUT2D eigenvalue weighted by atomic mass is 35.5. The minimum absolute atomic E-state index is 0.0233. The maximum Gasteiger partial charge on any atom is 0.359 e. The Morgan fingerprint density at radius 3 is 2.15 bits per heavy atom. The van der Waals surface area contributed by atoms with Crippen LogP contribution in [0.25, 0.3) is 10.9 Å².